The molecule has 0 unspecified atom stereocenters. The molecule has 154 valence electrons. The van der Waals surface area contributed by atoms with Crippen LogP contribution in [0.4, 0.5) is 22.0 Å². The van der Waals surface area contributed by atoms with Crippen LogP contribution in [0.15, 0.2) is 35.4 Å². The lowest BCUT2D eigenvalue weighted by atomic mass is 10.2. The average Bonchev–Trinajstić information content (AvgIpc) is 3.01. The van der Waals surface area contributed by atoms with Crippen molar-refractivity contribution in [3.63, 3.8) is 0 Å². The Balaban J connectivity index is 2.23. The molecule has 0 bridgehead atoms. The molecular formula is C17H13F5N4O2S. The third-order valence-electron chi connectivity index (χ3n) is 4.10. The topological polar surface area (TPSA) is 77.7 Å². The first-order valence-electron chi connectivity index (χ1n) is 8.10. The Kier molecular flexibility index (Phi) is 5.15. The van der Waals surface area contributed by atoms with Gasteiger partial charge < -0.3 is 4.57 Å². The third kappa shape index (κ3) is 3.97. The molecule has 0 aliphatic heterocycles. The molecule has 3 rings (SSSR count). The first kappa shape index (κ1) is 20.8. The Labute approximate surface area is 162 Å². The van der Waals surface area contributed by atoms with Crippen LogP contribution in [0.1, 0.15) is 12.5 Å². The lowest BCUT2D eigenvalue weighted by Crippen LogP contribution is -2.13. The van der Waals surface area contributed by atoms with Gasteiger partial charge in [-0.1, -0.05) is 6.92 Å². The predicted molar refractivity (Wildman–Crippen MR) is 92.3 cm³/mol. The maximum atomic E-state index is 13.5. The summed E-state index contributed by atoms with van der Waals surface area (Å²) in [6.45, 7) is 1.27. The van der Waals surface area contributed by atoms with Crippen LogP contribution in [0.5, 0.6) is 0 Å². The molecule has 0 spiro atoms. The quantitative estimate of drug-likeness (QED) is 0.589. The van der Waals surface area contributed by atoms with Crippen molar-refractivity contribution in [1.29, 1.82) is 0 Å². The van der Waals surface area contributed by atoms with Crippen LogP contribution >= 0.6 is 0 Å². The van der Waals surface area contributed by atoms with Gasteiger partial charge in [0.2, 0.25) is 0 Å². The molecule has 0 saturated carbocycles. The van der Waals surface area contributed by atoms with Gasteiger partial charge in [-0.2, -0.15) is 13.2 Å². The van der Waals surface area contributed by atoms with Crippen molar-refractivity contribution < 1.29 is 30.4 Å². The maximum Gasteiger partial charge on any atom is 0.417 e. The minimum absolute atomic E-state index is 0.00978. The fourth-order valence-corrected chi connectivity index (χ4v) is 3.69. The maximum absolute atomic E-state index is 13.5. The Morgan fingerprint density at radius 3 is 2.14 bits per heavy atom. The Bertz CT molecular complexity index is 1170. The van der Waals surface area contributed by atoms with Gasteiger partial charge in [0.1, 0.15) is 17.3 Å². The highest BCUT2D eigenvalue weighted by atomic mass is 32.2. The highest BCUT2D eigenvalue weighted by molar-refractivity contribution is 7.91. The molecule has 2 heterocycles. The summed E-state index contributed by atoms with van der Waals surface area (Å²) < 4.78 is 92.1. The number of benzene rings is 1. The van der Waals surface area contributed by atoms with Crippen LogP contribution in [0, 0.1) is 11.6 Å². The van der Waals surface area contributed by atoms with Gasteiger partial charge in [0, 0.05) is 24.9 Å². The van der Waals surface area contributed by atoms with E-state index in [2.05, 4.69) is 15.2 Å². The highest BCUT2D eigenvalue weighted by Gasteiger charge is 2.34. The van der Waals surface area contributed by atoms with Gasteiger partial charge in [0.25, 0.3) is 0 Å². The van der Waals surface area contributed by atoms with Crippen molar-refractivity contribution in [2.75, 3.05) is 5.75 Å². The Morgan fingerprint density at radius 2 is 1.59 bits per heavy atom. The number of sulfone groups is 1. The monoisotopic (exact) mass is 432 g/mol. The zero-order valence-corrected chi connectivity index (χ0v) is 15.8. The van der Waals surface area contributed by atoms with E-state index in [1.807, 2.05) is 0 Å². The van der Waals surface area contributed by atoms with E-state index in [0.29, 0.717) is 18.3 Å². The van der Waals surface area contributed by atoms with Crippen molar-refractivity contribution in [1.82, 2.24) is 19.7 Å². The third-order valence-corrected chi connectivity index (χ3v) is 5.84. The largest absolute Gasteiger partial charge is 0.417 e. The summed E-state index contributed by atoms with van der Waals surface area (Å²) >= 11 is 0. The Morgan fingerprint density at radius 1 is 1.00 bits per heavy atom. The summed E-state index contributed by atoms with van der Waals surface area (Å²) in [7, 11) is -2.74. The van der Waals surface area contributed by atoms with E-state index >= 15 is 0 Å². The van der Waals surface area contributed by atoms with Crippen molar-refractivity contribution in [3.8, 4) is 22.9 Å². The van der Waals surface area contributed by atoms with Crippen LogP contribution in [-0.2, 0) is 23.1 Å². The lowest BCUT2D eigenvalue weighted by Gasteiger charge is -2.12. The summed E-state index contributed by atoms with van der Waals surface area (Å²) in [5.74, 6) is -2.41. The number of halogens is 5. The van der Waals surface area contributed by atoms with Crippen LogP contribution in [0.3, 0.4) is 0 Å². The highest BCUT2D eigenvalue weighted by Crippen LogP contribution is 2.34. The first-order chi connectivity index (χ1) is 13.4. The van der Waals surface area contributed by atoms with E-state index in [4.69, 9.17) is 0 Å². The van der Waals surface area contributed by atoms with E-state index < -0.39 is 43.9 Å². The number of nitrogens with zero attached hydrogens (tertiary/aromatic N) is 4. The van der Waals surface area contributed by atoms with E-state index in [9.17, 15) is 30.4 Å². The first-order valence-corrected chi connectivity index (χ1v) is 9.75. The van der Waals surface area contributed by atoms with Crippen LogP contribution in [0.2, 0.25) is 0 Å². The van der Waals surface area contributed by atoms with E-state index in [1.54, 1.807) is 0 Å². The number of hydrogen-bond donors (Lipinski definition) is 0. The zero-order valence-electron chi connectivity index (χ0n) is 15.0. The van der Waals surface area contributed by atoms with Gasteiger partial charge >= 0.3 is 6.18 Å². The molecule has 6 nitrogen and oxygen atoms in total. The second-order valence-electron chi connectivity index (χ2n) is 6.04. The number of hydrogen-bond acceptors (Lipinski definition) is 5. The molecule has 0 aliphatic carbocycles. The molecule has 0 aliphatic rings. The van der Waals surface area contributed by atoms with Crippen molar-refractivity contribution >= 4 is 9.84 Å². The van der Waals surface area contributed by atoms with Gasteiger partial charge in [0.05, 0.1) is 16.2 Å². The van der Waals surface area contributed by atoms with Gasteiger partial charge in [0.15, 0.2) is 21.5 Å². The molecule has 2 aromatic heterocycles. The number of rotatable bonds is 4. The predicted octanol–water partition coefficient (Wildman–Crippen LogP) is 3.63. The Hall–Kier alpha value is -2.89. The van der Waals surface area contributed by atoms with Gasteiger partial charge in [-0.25, -0.2) is 17.2 Å². The standard InChI is InChI=1S/C17H13F5N4O2S/c1-3-29(27,28)13-6-10(17(20,21)22)8-23-14(13)16-25-24-15(26(16)2)9-4-11(18)7-12(19)5-9/h4-8H,3H2,1-2H3. The van der Waals surface area contributed by atoms with Crippen LogP contribution in [-0.4, -0.2) is 33.9 Å². The lowest BCUT2D eigenvalue weighted by molar-refractivity contribution is -0.138. The molecule has 0 fully saturated rings. The summed E-state index contributed by atoms with van der Waals surface area (Å²) in [4.78, 5) is 3.00. The van der Waals surface area contributed by atoms with Crippen LogP contribution < -0.4 is 0 Å². The van der Waals surface area contributed by atoms with E-state index in [0.717, 1.165) is 12.1 Å². The molecule has 0 radical (unpaired) electrons. The average molecular weight is 432 g/mol. The minimum atomic E-state index is -4.80. The number of alkyl halides is 3. The molecular weight excluding hydrogens is 419 g/mol. The second-order valence-corrected chi connectivity index (χ2v) is 8.28. The van der Waals surface area contributed by atoms with Gasteiger partial charge in [-0.3, -0.25) is 4.98 Å². The van der Waals surface area contributed by atoms with Crippen molar-refractivity contribution in [2.45, 2.75) is 18.0 Å². The minimum Gasteiger partial charge on any atom is -0.309 e. The number of pyridine rings is 1. The summed E-state index contributed by atoms with van der Waals surface area (Å²) in [6.07, 6.45) is -4.31. The molecule has 1 aromatic carbocycles. The smallest absolute Gasteiger partial charge is 0.309 e. The molecule has 29 heavy (non-hydrogen) atoms. The molecule has 0 saturated heterocycles. The molecule has 0 N–H and O–H groups in total. The summed E-state index contributed by atoms with van der Waals surface area (Å²) in [5.41, 5.74) is -1.57. The molecule has 12 heteroatoms. The normalized spacial score (nSPS) is 12.4. The molecule has 0 amide bonds. The van der Waals surface area contributed by atoms with E-state index in [-0.39, 0.29) is 22.9 Å². The molecule has 3 aromatic rings. The van der Waals surface area contributed by atoms with Crippen molar-refractivity contribution in [3.05, 3.63) is 47.7 Å². The van der Waals surface area contributed by atoms with Crippen molar-refractivity contribution in [2.24, 2.45) is 7.05 Å². The fourth-order valence-electron chi connectivity index (χ4n) is 2.63. The fraction of sp³-hybridized carbons (Fsp3) is 0.235. The van der Waals surface area contributed by atoms with Gasteiger partial charge in [-0.05, 0) is 18.2 Å². The number of aromatic nitrogens is 4. The summed E-state index contributed by atoms with van der Waals surface area (Å²) in [5, 5.41) is 7.57. The van der Waals surface area contributed by atoms with Gasteiger partial charge in [-0.15, -0.1) is 10.2 Å². The second kappa shape index (κ2) is 7.17. The zero-order chi connectivity index (χ0) is 21.6. The van der Waals surface area contributed by atoms with Crippen LogP contribution in [0.25, 0.3) is 22.9 Å². The SMILES string of the molecule is CCS(=O)(=O)c1cc(C(F)(F)F)cnc1-c1nnc(-c2cc(F)cc(F)c2)n1C. The summed E-state index contributed by atoms with van der Waals surface area (Å²) in [6, 6.07) is 3.11. The van der Waals surface area contributed by atoms with E-state index in [1.165, 1.54) is 18.5 Å². The molecule has 0 atom stereocenters.